The lowest BCUT2D eigenvalue weighted by Gasteiger charge is -2.26. The summed E-state index contributed by atoms with van der Waals surface area (Å²) in [5.41, 5.74) is 0.458. The van der Waals surface area contributed by atoms with Crippen molar-refractivity contribution in [3.8, 4) is 0 Å². The highest BCUT2D eigenvalue weighted by molar-refractivity contribution is 5.79. The minimum Gasteiger partial charge on any atom is -0.385 e. The zero-order chi connectivity index (χ0) is 15.6. The van der Waals surface area contributed by atoms with Gasteiger partial charge in [-0.05, 0) is 20.8 Å². The zero-order valence-electron chi connectivity index (χ0n) is 12.5. The highest BCUT2D eigenvalue weighted by atomic mass is 16.5. The SMILES string of the molecule is Cc1nc(=O)[nH]c(C)c1CC(=O)NCC1(O)CCOC1C. The molecule has 7 heteroatoms. The van der Waals surface area contributed by atoms with Crippen molar-refractivity contribution in [1.29, 1.82) is 0 Å². The molecule has 0 bridgehead atoms. The van der Waals surface area contributed by atoms with Gasteiger partial charge in [0.05, 0.1) is 12.5 Å². The highest BCUT2D eigenvalue weighted by Crippen LogP contribution is 2.24. The van der Waals surface area contributed by atoms with E-state index in [0.29, 0.717) is 30.0 Å². The van der Waals surface area contributed by atoms with Crippen molar-refractivity contribution in [1.82, 2.24) is 15.3 Å². The number of hydrogen-bond donors (Lipinski definition) is 3. The number of H-pyrrole nitrogens is 1. The minimum absolute atomic E-state index is 0.118. The lowest BCUT2D eigenvalue weighted by atomic mass is 9.96. The van der Waals surface area contributed by atoms with Crippen LogP contribution in [-0.2, 0) is 16.0 Å². The Kier molecular flexibility index (Phi) is 4.43. The first-order valence-corrected chi connectivity index (χ1v) is 6.99. The molecule has 116 valence electrons. The van der Waals surface area contributed by atoms with E-state index in [-0.39, 0.29) is 25.0 Å². The molecule has 3 N–H and O–H groups in total. The molecule has 0 aromatic carbocycles. The van der Waals surface area contributed by atoms with Gasteiger partial charge in [0, 0.05) is 36.5 Å². The maximum atomic E-state index is 12.0. The third-order valence-electron chi connectivity index (χ3n) is 4.04. The van der Waals surface area contributed by atoms with Gasteiger partial charge in [0.15, 0.2) is 0 Å². The smallest absolute Gasteiger partial charge is 0.345 e. The summed E-state index contributed by atoms with van der Waals surface area (Å²) in [5.74, 6) is -0.220. The summed E-state index contributed by atoms with van der Waals surface area (Å²) < 4.78 is 5.32. The van der Waals surface area contributed by atoms with Crippen LogP contribution in [-0.4, -0.2) is 45.8 Å². The van der Waals surface area contributed by atoms with Gasteiger partial charge in [-0.3, -0.25) is 4.79 Å². The van der Waals surface area contributed by atoms with Crippen LogP contribution in [0.4, 0.5) is 0 Å². The average molecular weight is 295 g/mol. The molecule has 1 saturated heterocycles. The number of carbonyl (C=O) groups is 1. The van der Waals surface area contributed by atoms with Gasteiger partial charge in [0.1, 0.15) is 5.60 Å². The van der Waals surface area contributed by atoms with Gasteiger partial charge in [-0.1, -0.05) is 0 Å². The first-order valence-electron chi connectivity index (χ1n) is 6.99. The molecule has 0 aliphatic carbocycles. The van der Waals surface area contributed by atoms with E-state index in [1.165, 1.54) is 0 Å². The van der Waals surface area contributed by atoms with Gasteiger partial charge in [-0.2, -0.15) is 4.98 Å². The molecule has 2 heterocycles. The minimum atomic E-state index is -1.01. The second-order valence-corrected chi connectivity index (χ2v) is 5.55. The molecule has 21 heavy (non-hydrogen) atoms. The first kappa shape index (κ1) is 15.7. The number of aliphatic hydroxyl groups is 1. The number of hydrogen-bond acceptors (Lipinski definition) is 5. The van der Waals surface area contributed by atoms with Crippen LogP contribution < -0.4 is 11.0 Å². The summed E-state index contributed by atoms with van der Waals surface area (Å²) in [6, 6.07) is 0. The molecule has 1 fully saturated rings. The Morgan fingerprint density at radius 3 is 2.86 bits per heavy atom. The molecule has 1 aliphatic rings. The summed E-state index contributed by atoms with van der Waals surface area (Å²) in [4.78, 5) is 29.6. The molecule has 1 aromatic heterocycles. The standard InChI is InChI=1S/C14H21N3O4/c1-8-11(9(2)17-13(19)16-8)6-12(18)15-7-14(20)4-5-21-10(14)3/h10,20H,4-7H2,1-3H3,(H,15,18)(H,16,17,19). The van der Waals surface area contributed by atoms with E-state index in [4.69, 9.17) is 4.74 Å². The highest BCUT2D eigenvalue weighted by Gasteiger charge is 2.39. The van der Waals surface area contributed by atoms with Gasteiger partial charge in [0.25, 0.3) is 0 Å². The number of rotatable bonds is 4. The number of nitrogens with one attached hydrogen (secondary N) is 2. The number of aromatic amines is 1. The van der Waals surface area contributed by atoms with Crippen molar-refractivity contribution < 1.29 is 14.6 Å². The first-order chi connectivity index (χ1) is 9.82. The van der Waals surface area contributed by atoms with Crippen LogP contribution in [0.3, 0.4) is 0 Å². The lowest BCUT2D eigenvalue weighted by Crippen LogP contribution is -2.47. The largest absolute Gasteiger partial charge is 0.385 e. The van der Waals surface area contributed by atoms with Crippen molar-refractivity contribution in [2.75, 3.05) is 13.2 Å². The molecule has 0 saturated carbocycles. The van der Waals surface area contributed by atoms with Crippen LogP contribution in [0.1, 0.15) is 30.3 Å². The molecule has 7 nitrogen and oxygen atoms in total. The molecule has 2 unspecified atom stereocenters. The van der Waals surface area contributed by atoms with Crippen molar-refractivity contribution in [2.45, 2.75) is 45.3 Å². The monoisotopic (exact) mass is 295 g/mol. The fourth-order valence-corrected chi connectivity index (χ4v) is 2.49. The van der Waals surface area contributed by atoms with Crippen molar-refractivity contribution >= 4 is 5.91 Å². The Bertz CT molecular complexity index is 572. The van der Waals surface area contributed by atoms with Crippen LogP contribution in [0.15, 0.2) is 4.79 Å². The molecule has 1 amide bonds. The molecule has 0 spiro atoms. The third-order valence-corrected chi connectivity index (χ3v) is 4.04. The molecular formula is C14H21N3O4. The lowest BCUT2D eigenvalue weighted by molar-refractivity contribution is -0.122. The Morgan fingerprint density at radius 1 is 1.57 bits per heavy atom. The molecule has 0 radical (unpaired) electrons. The summed E-state index contributed by atoms with van der Waals surface area (Å²) >= 11 is 0. The molecule has 1 aliphatic heterocycles. The number of carbonyl (C=O) groups excluding carboxylic acids is 1. The van der Waals surface area contributed by atoms with Crippen LogP contribution in [0.25, 0.3) is 0 Å². The van der Waals surface area contributed by atoms with Crippen LogP contribution in [0, 0.1) is 13.8 Å². The van der Waals surface area contributed by atoms with Crippen molar-refractivity contribution in [3.05, 3.63) is 27.4 Å². The van der Waals surface area contributed by atoms with Crippen LogP contribution >= 0.6 is 0 Å². The molecule has 2 atom stereocenters. The average Bonchev–Trinajstić information content (AvgIpc) is 2.72. The van der Waals surface area contributed by atoms with Crippen molar-refractivity contribution in [2.24, 2.45) is 0 Å². The van der Waals surface area contributed by atoms with Gasteiger partial charge < -0.3 is 20.1 Å². The Labute approximate surface area is 122 Å². The Morgan fingerprint density at radius 2 is 2.29 bits per heavy atom. The third kappa shape index (κ3) is 3.48. The second-order valence-electron chi connectivity index (χ2n) is 5.55. The topological polar surface area (TPSA) is 104 Å². The van der Waals surface area contributed by atoms with E-state index in [9.17, 15) is 14.7 Å². The van der Waals surface area contributed by atoms with Crippen molar-refractivity contribution in [3.63, 3.8) is 0 Å². The summed E-state index contributed by atoms with van der Waals surface area (Å²) in [7, 11) is 0. The summed E-state index contributed by atoms with van der Waals surface area (Å²) in [6.45, 7) is 5.88. The predicted octanol–water partition coefficient (Wildman–Crippen LogP) is -0.415. The van der Waals surface area contributed by atoms with Gasteiger partial charge in [-0.25, -0.2) is 4.79 Å². The maximum absolute atomic E-state index is 12.0. The molecular weight excluding hydrogens is 274 g/mol. The second kappa shape index (κ2) is 5.95. The van der Waals surface area contributed by atoms with E-state index in [2.05, 4.69) is 15.3 Å². The predicted molar refractivity (Wildman–Crippen MR) is 76.0 cm³/mol. The van der Waals surface area contributed by atoms with E-state index in [0.717, 1.165) is 0 Å². The molecule has 2 rings (SSSR count). The maximum Gasteiger partial charge on any atom is 0.345 e. The number of aromatic nitrogens is 2. The fourth-order valence-electron chi connectivity index (χ4n) is 2.49. The Hall–Kier alpha value is -1.73. The molecule has 1 aromatic rings. The normalized spacial score (nSPS) is 25.0. The van der Waals surface area contributed by atoms with E-state index in [1.54, 1.807) is 20.8 Å². The van der Waals surface area contributed by atoms with E-state index < -0.39 is 11.3 Å². The fraction of sp³-hybridized carbons (Fsp3) is 0.643. The van der Waals surface area contributed by atoms with Gasteiger partial charge >= 0.3 is 5.69 Å². The number of amides is 1. The zero-order valence-corrected chi connectivity index (χ0v) is 12.5. The van der Waals surface area contributed by atoms with Crippen LogP contribution in [0.5, 0.6) is 0 Å². The number of aryl methyl sites for hydroxylation is 2. The summed E-state index contributed by atoms with van der Waals surface area (Å²) in [6.07, 6.45) is 0.329. The van der Waals surface area contributed by atoms with Crippen LogP contribution in [0.2, 0.25) is 0 Å². The van der Waals surface area contributed by atoms with Gasteiger partial charge in [-0.15, -0.1) is 0 Å². The number of ether oxygens (including phenoxy) is 1. The quantitative estimate of drug-likeness (QED) is 0.700. The van der Waals surface area contributed by atoms with E-state index in [1.807, 2.05) is 0 Å². The summed E-state index contributed by atoms with van der Waals surface area (Å²) in [5, 5.41) is 13.0. The van der Waals surface area contributed by atoms with E-state index >= 15 is 0 Å². The Balaban J connectivity index is 1.98. The number of nitrogens with zero attached hydrogens (tertiary/aromatic N) is 1. The van der Waals surface area contributed by atoms with Gasteiger partial charge in [0.2, 0.25) is 5.91 Å².